The Morgan fingerprint density at radius 1 is 1.04 bits per heavy atom. The number of hydrogen-bond acceptors (Lipinski definition) is 3. The van der Waals surface area contributed by atoms with Gasteiger partial charge in [-0.25, -0.2) is 0 Å². The highest BCUT2D eigenvalue weighted by Crippen LogP contribution is 2.28. The van der Waals surface area contributed by atoms with E-state index in [0.29, 0.717) is 13.0 Å². The van der Waals surface area contributed by atoms with Crippen LogP contribution in [0.2, 0.25) is 0 Å². The third-order valence-corrected chi connectivity index (χ3v) is 6.52. The number of nitrogens with one attached hydrogen (secondary N) is 1. The summed E-state index contributed by atoms with van der Waals surface area (Å²) in [4.78, 5) is 28.6. The summed E-state index contributed by atoms with van der Waals surface area (Å²) >= 11 is 1.68. The number of carbonyl (C=O) groups is 2. The van der Waals surface area contributed by atoms with E-state index in [1.807, 2.05) is 4.90 Å². The van der Waals surface area contributed by atoms with Crippen LogP contribution in [0.5, 0.6) is 0 Å². The molecule has 2 amide bonds. The van der Waals surface area contributed by atoms with Gasteiger partial charge in [0, 0.05) is 30.9 Å². The maximum atomic E-state index is 12.4. The fraction of sp³-hybridized carbons (Fsp3) is 0.700. The Hall–Kier alpha value is -1.36. The fourth-order valence-corrected chi connectivity index (χ4v) is 4.96. The van der Waals surface area contributed by atoms with Crippen LogP contribution in [-0.2, 0) is 17.6 Å². The van der Waals surface area contributed by atoms with E-state index in [-0.39, 0.29) is 11.8 Å². The van der Waals surface area contributed by atoms with Crippen molar-refractivity contribution in [3.63, 3.8) is 0 Å². The number of rotatable bonds is 5. The van der Waals surface area contributed by atoms with Gasteiger partial charge in [-0.2, -0.15) is 0 Å². The predicted octanol–water partition coefficient (Wildman–Crippen LogP) is 3.93. The van der Waals surface area contributed by atoms with Crippen molar-refractivity contribution >= 4 is 23.2 Å². The fourth-order valence-electron chi connectivity index (χ4n) is 3.79. The van der Waals surface area contributed by atoms with Crippen LogP contribution in [0.3, 0.4) is 0 Å². The van der Waals surface area contributed by atoms with Gasteiger partial charge >= 0.3 is 0 Å². The molecule has 1 aromatic rings. The summed E-state index contributed by atoms with van der Waals surface area (Å²) in [6.45, 7) is 2.29. The van der Waals surface area contributed by atoms with Gasteiger partial charge in [0.1, 0.15) is 0 Å². The first-order valence-electron chi connectivity index (χ1n) is 9.91. The summed E-state index contributed by atoms with van der Waals surface area (Å²) in [5.41, 5.74) is 1.39. The zero-order valence-electron chi connectivity index (χ0n) is 15.1. The van der Waals surface area contributed by atoms with E-state index in [1.54, 1.807) is 11.3 Å². The minimum absolute atomic E-state index is 0.0546. The van der Waals surface area contributed by atoms with Gasteiger partial charge < -0.3 is 10.2 Å². The minimum atomic E-state index is 0.0546. The Morgan fingerprint density at radius 3 is 2.68 bits per heavy atom. The van der Waals surface area contributed by atoms with Crippen LogP contribution in [0.1, 0.15) is 77.9 Å². The number of carbonyl (C=O) groups excluding carboxylic acids is 2. The molecule has 3 rings (SSSR count). The van der Waals surface area contributed by atoms with Crippen LogP contribution in [0.15, 0.2) is 6.07 Å². The largest absolute Gasteiger partial charge is 0.351 e. The predicted molar refractivity (Wildman–Crippen MR) is 102 cm³/mol. The molecule has 2 aliphatic rings. The molecule has 1 N–H and O–H groups in total. The van der Waals surface area contributed by atoms with E-state index in [0.717, 1.165) is 56.5 Å². The van der Waals surface area contributed by atoms with Gasteiger partial charge in [-0.15, -0.1) is 11.3 Å². The van der Waals surface area contributed by atoms with Crippen LogP contribution < -0.4 is 5.32 Å². The van der Waals surface area contributed by atoms with Gasteiger partial charge in [-0.1, -0.05) is 19.3 Å². The molecule has 1 aromatic heterocycles. The van der Waals surface area contributed by atoms with Crippen molar-refractivity contribution in [3.05, 3.63) is 21.4 Å². The van der Waals surface area contributed by atoms with Crippen LogP contribution in [0.25, 0.3) is 0 Å². The Kier molecular flexibility index (Phi) is 6.91. The first kappa shape index (κ1) is 18.4. The molecule has 0 radical (unpaired) electrons. The number of thiophene rings is 1. The highest BCUT2D eigenvalue weighted by molar-refractivity contribution is 7.14. The summed E-state index contributed by atoms with van der Waals surface area (Å²) in [6, 6.07) is 2.11. The monoisotopic (exact) mass is 362 g/mol. The minimum Gasteiger partial charge on any atom is -0.351 e. The van der Waals surface area contributed by atoms with Crippen LogP contribution in [0, 0.1) is 0 Å². The topological polar surface area (TPSA) is 49.4 Å². The maximum absolute atomic E-state index is 12.4. The molecular weight excluding hydrogens is 332 g/mol. The Bertz CT molecular complexity index is 571. The van der Waals surface area contributed by atoms with Crippen LogP contribution in [-0.4, -0.2) is 36.3 Å². The van der Waals surface area contributed by atoms with Crippen LogP contribution >= 0.6 is 11.3 Å². The van der Waals surface area contributed by atoms with Crippen LogP contribution in [0.4, 0.5) is 0 Å². The zero-order valence-corrected chi connectivity index (χ0v) is 16.0. The molecule has 1 aliphatic heterocycles. The molecule has 1 fully saturated rings. The summed E-state index contributed by atoms with van der Waals surface area (Å²) < 4.78 is 0. The van der Waals surface area contributed by atoms with Gasteiger partial charge in [-0.3, -0.25) is 9.59 Å². The molecule has 25 heavy (non-hydrogen) atoms. The lowest BCUT2D eigenvalue weighted by molar-refractivity contribution is -0.130. The van der Waals surface area contributed by atoms with Crippen molar-refractivity contribution in [2.45, 2.75) is 70.6 Å². The average Bonchev–Trinajstić information content (AvgIpc) is 2.86. The third kappa shape index (κ3) is 5.30. The molecule has 5 heteroatoms. The molecule has 138 valence electrons. The first-order chi connectivity index (χ1) is 12.2. The average molecular weight is 363 g/mol. The maximum Gasteiger partial charge on any atom is 0.261 e. The highest BCUT2D eigenvalue weighted by atomic mass is 32.1. The number of aryl methyl sites for hydroxylation is 2. The summed E-state index contributed by atoms with van der Waals surface area (Å²) in [6.07, 6.45) is 12.2. The number of nitrogens with zero attached hydrogens (tertiary/aromatic N) is 1. The van der Waals surface area contributed by atoms with E-state index >= 15 is 0 Å². The molecule has 1 aliphatic carbocycles. The summed E-state index contributed by atoms with van der Waals surface area (Å²) in [5, 5.41) is 3.04. The molecular formula is C20H30N2O2S. The quantitative estimate of drug-likeness (QED) is 0.807. The normalized spacial score (nSPS) is 18.9. The Morgan fingerprint density at radius 2 is 1.80 bits per heavy atom. The van der Waals surface area contributed by atoms with E-state index < -0.39 is 0 Å². The van der Waals surface area contributed by atoms with Gasteiger partial charge in [0.25, 0.3) is 5.91 Å². The molecule has 0 unspecified atom stereocenters. The molecule has 4 nitrogen and oxygen atoms in total. The lowest BCUT2D eigenvalue weighted by Crippen LogP contribution is -2.33. The summed E-state index contributed by atoms with van der Waals surface area (Å²) in [7, 11) is 0. The second-order valence-corrected chi connectivity index (χ2v) is 8.41. The number of fused-ring (bicyclic) bond motifs is 1. The second-order valence-electron chi connectivity index (χ2n) is 7.27. The Balaban J connectivity index is 1.44. The van der Waals surface area contributed by atoms with Crippen molar-refractivity contribution in [2.24, 2.45) is 0 Å². The van der Waals surface area contributed by atoms with Crippen molar-refractivity contribution in [1.82, 2.24) is 10.2 Å². The third-order valence-electron chi connectivity index (χ3n) is 5.28. The number of hydrogen-bond donors (Lipinski definition) is 1. The van der Waals surface area contributed by atoms with Crippen molar-refractivity contribution in [3.8, 4) is 0 Å². The van der Waals surface area contributed by atoms with Crippen molar-refractivity contribution in [2.75, 3.05) is 19.6 Å². The molecule has 0 atom stereocenters. The Labute approximate surface area is 155 Å². The van der Waals surface area contributed by atoms with E-state index in [4.69, 9.17) is 0 Å². The molecule has 0 aromatic carbocycles. The van der Waals surface area contributed by atoms with E-state index in [2.05, 4.69) is 11.4 Å². The molecule has 0 saturated carbocycles. The van der Waals surface area contributed by atoms with Crippen molar-refractivity contribution in [1.29, 1.82) is 0 Å². The van der Waals surface area contributed by atoms with Gasteiger partial charge in [0.15, 0.2) is 0 Å². The number of amides is 2. The molecule has 1 saturated heterocycles. The zero-order chi connectivity index (χ0) is 17.5. The standard InChI is InChI=1S/C20H30N2O2S/c23-19-11-6-3-7-13-22(19)14-8-12-21-20(24)18-15-16-9-4-1-2-5-10-17(16)25-18/h15H,1-14H2,(H,21,24). The lowest BCUT2D eigenvalue weighted by Gasteiger charge is -2.20. The molecule has 0 bridgehead atoms. The van der Waals surface area contributed by atoms with Gasteiger partial charge in [0.2, 0.25) is 5.91 Å². The van der Waals surface area contributed by atoms with E-state index in [9.17, 15) is 9.59 Å². The van der Waals surface area contributed by atoms with Gasteiger partial charge in [0.05, 0.1) is 4.88 Å². The summed E-state index contributed by atoms with van der Waals surface area (Å²) in [5.74, 6) is 0.334. The highest BCUT2D eigenvalue weighted by Gasteiger charge is 2.17. The second kappa shape index (κ2) is 9.37. The first-order valence-corrected chi connectivity index (χ1v) is 10.7. The SMILES string of the molecule is O=C(NCCCN1CCCCCC1=O)c1cc2c(s1)CCCCCC2. The van der Waals surface area contributed by atoms with Crippen molar-refractivity contribution < 1.29 is 9.59 Å². The van der Waals surface area contributed by atoms with Gasteiger partial charge in [-0.05, 0) is 56.6 Å². The molecule has 0 spiro atoms. The number of likely N-dealkylation sites (tertiary alicyclic amines) is 1. The molecule has 2 heterocycles. The lowest BCUT2D eigenvalue weighted by atomic mass is 10.00. The smallest absolute Gasteiger partial charge is 0.261 e. The van der Waals surface area contributed by atoms with E-state index in [1.165, 1.54) is 36.1 Å².